The Morgan fingerprint density at radius 2 is 1.49 bits per heavy atom. The van der Waals surface area contributed by atoms with Gasteiger partial charge in [0.2, 0.25) is 0 Å². The highest BCUT2D eigenvalue weighted by Crippen LogP contribution is 2.31. The average molecular weight is 508 g/mol. The van der Waals surface area contributed by atoms with Gasteiger partial charge in [-0.05, 0) is 84.2 Å². The van der Waals surface area contributed by atoms with Crippen LogP contribution in [0.5, 0.6) is 0 Å². The van der Waals surface area contributed by atoms with Crippen molar-refractivity contribution in [3.05, 3.63) is 94.6 Å². The number of benzene rings is 3. The highest BCUT2D eigenvalue weighted by Gasteiger charge is 2.23. The van der Waals surface area contributed by atoms with Crippen LogP contribution in [0.2, 0.25) is 0 Å². The number of carboxylic acid groups (broad SMARTS) is 1. The van der Waals surface area contributed by atoms with Gasteiger partial charge in [0.1, 0.15) is 0 Å². The van der Waals surface area contributed by atoms with Gasteiger partial charge in [0.05, 0.1) is 5.92 Å². The molecule has 0 fully saturated rings. The van der Waals surface area contributed by atoms with E-state index in [2.05, 4.69) is 49.1 Å². The van der Waals surface area contributed by atoms with Crippen LogP contribution in [-0.4, -0.2) is 22.5 Å². The van der Waals surface area contributed by atoms with Crippen molar-refractivity contribution in [3.63, 3.8) is 0 Å². The molecule has 0 unspecified atom stereocenters. The number of hydrogen-bond donors (Lipinski definition) is 1. The summed E-state index contributed by atoms with van der Waals surface area (Å²) in [5.41, 5.74) is 5.70. The van der Waals surface area contributed by atoms with E-state index in [9.17, 15) is 18.7 Å². The van der Waals surface area contributed by atoms with Gasteiger partial charge in [-0.3, -0.25) is 9.69 Å². The minimum Gasteiger partial charge on any atom is -0.481 e. The number of aliphatic carboxylic acids is 1. The van der Waals surface area contributed by atoms with Crippen molar-refractivity contribution in [2.45, 2.75) is 66.5 Å². The lowest BCUT2D eigenvalue weighted by molar-refractivity contribution is -0.139. The van der Waals surface area contributed by atoms with Gasteiger partial charge in [-0.2, -0.15) is 0 Å². The lowest BCUT2D eigenvalue weighted by atomic mass is 9.87. The van der Waals surface area contributed by atoms with Gasteiger partial charge in [0, 0.05) is 13.1 Å². The van der Waals surface area contributed by atoms with Crippen LogP contribution in [0.3, 0.4) is 0 Å². The van der Waals surface area contributed by atoms with Crippen molar-refractivity contribution in [1.82, 2.24) is 4.90 Å². The Labute approximate surface area is 220 Å². The Morgan fingerprint density at radius 1 is 0.811 bits per heavy atom. The first-order valence-electron chi connectivity index (χ1n) is 13.1. The number of carbonyl (C=O) groups is 1. The molecule has 0 aliphatic carbocycles. The smallest absolute Gasteiger partial charge is 0.310 e. The average Bonchev–Trinajstić information content (AvgIpc) is 2.83. The molecule has 0 saturated heterocycles. The molecular formula is C32H39F2NO2. The first-order chi connectivity index (χ1) is 17.5. The zero-order valence-electron chi connectivity index (χ0n) is 22.6. The first kappa shape index (κ1) is 28.5. The number of rotatable bonds is 12. The molecule has 3 aromatic carbocycles. The van der Waals surface area contributed by atoms with Crippen LogP contribution in [0.4, 0.5) is 8.78 Å². The van der Waals surface area contributed by atoms with Crippen LogP contribution in [0, 0.1) is 30.4 Å². The Morgan fingerprint density at radius 3 is 2.08 bits per heavy atom. The molecule has 0 radical (unpaired) electrons. The number of halogens is 2. The molecule has 5 heteroatoms. The second-order valence-electron chi connectivity index (χ2n) is 11.0. The minimum atomic E-state index is -0.849. The van der Waals surface area contributed by atoms with E-state index in [1.807, 2.05) is 32.9 Å². The van der Waals surface area contributed by atoms with E-state index in [-0.39, 0.29) is 5.92 Å². The molecule has 3 rings (SSSR count). The number of carboxylic acids is 1. The van der Waals surface area contributed by atoms with Gasteiger partial charge in [-0.15, -0.1) is 0 Å². The maximum absolute atomic E-state index is 13.9. The van der Waals surface area contributed by atoms with Crippen molar-refractivity contribution >= 4 is 5.97 Å². The summed E-state index contributed by atoms with van der Waals surface area (Å²) in [6.07, 6.45) is 1.51. The minimum absolute atomic E-state index is 0.239. The third-order valence-corrected chi connectivity index (χ3v) is 6.63. The Hall–Kier alpha value is -3.05. The summed E-state index contributed by atoms with van der Waals surface area (Å²) in [6.45, 7) is 12.3. The summed E-state index contributed by atoms with van der Waals surface area (Å²) >= 11 is 0. The molecule has 0 saturated carbocycles. The Kier molecular flexibility index (Phi) is 9.99. The largest absolute Gasteiger partial charge is 0.481 e. The normalized spacial score (nSPS) is 12.5. The highest BCUT2D eigenvalue weighted by atomic mass is 19.2. The van der Waals surface area contributed by atoms with Gasteiger partial charge in [0.25, 0.3) is 0 Å². The molecule has 3 aromatic rings. The van der Waals surface area contributed by atoms with Crippen LogP contribution in [-0.2, 0) is 17.9 Å². The van der Waals surface area contributed by atoms with Crippen LogP contribution in [0.1, 0.15) is 68.7 Å². The molecule has 0 amide bonds. The van der Waals surface area contributed by atoms with Crippen LogP contribution in [0.15, 0.2) is 60.7 Å². The van der Waals surface area contributed by atoms with Gasteiger partial charge < -0.3 is 5.11 Å². The standard InChI is InChI=1S/C32H39F2NO2/c1-21(2)12-13-35(19-24-8-11-30(33)31(34)17-24)20-25-15-27(26-9-6-23(5)7-10-26)18-28(16-25)29(32(36)37)14-22(3)4/h6-11,15-18,21-22,29H,12-14,19-20H2,1-5H3,(H,36,37)/t29-/m1/s1. The topological polar surface area (TPSA) is 40.5 Å². The summed E-state index contributed by atoms with van der Waals surface area (Å²) in [7, 11) is 0. The lowest BCUT2D eigenvalue weighted by Crippen LogP contribution is -2.25. The summed E-state index contributed by atoms with van der Waals surface area (Å²) in [4.78, 5) is 14.5. The quantitative estimate of drug-likeness (QED) is 0.269. The second kappa shape index (κ2) is 13.0. The fraction of sp³-hybridized carbons (Fsp3) is 0.406. The highest BCUT2D eigenvalue weighted by molar-refractivity contribution is 5.77. The monoisotopic (exact) mass is 507 g/mol. The molecule has 37 heavy (non-hydrogen) atoms. The molecule has 198 valence electrons. The second-order valence-corrected chi connectivity index (χ2v) is 11.0. The molecule has 0 aliphatic rings. The SMILES string of the molecule is Cc1ccc(-c2cc(CN(CCC(C)C)Cc3ccc(F)c(F)c3)cc([C@@H](CC(C)C)C(=O)O)c2)cc1. The third-order valence-electron chi connectivity index (χ3n) is 6.63. The van der Waals surface area contributed by atoms with Gasteiger partial charge in [0.15, 0.2) is 11.6 Å². The van der Waals surface area contributed by atoms with E-state index >= 15 is 0 Å². The predicted octanol–water partition coefficient (Wildman–Crippen LogP) is 8.20. The van der Waals surface area contributed by atoms with Crippen LogP contribution < -0.4 is 0 Å². The summed E-state index contributed by atoms with van der Waals surface area (Å²) < 4.78 is 27.4. The van der Waals surface area contributed by atoms with Gasteiger partial charge >= 0.3 is 5.97 Å². The molecule has 1 atom stereocenters. The van der Waals surface area contributed by atoms with Gasteiger partial charge in [-0.25, -0.2) is 8.78 Å². The lowest BCUT2D eigenvalue weighted by Gasteiger charge is -2.25. The van der Waals surface area contributed by atoms with E-state index < -0.39 is 23.5 Å². The molecule has 0 bridgehead atoms. The van der Waals surface area contributed by atoms with E-state index in [0.717, 1.165) is 40.8 Å². The molecule has 3 nitrogen and oxygen atoms in total. The van der Waals surface area contributed by atoms with E-state index in [4.69, 9.17) is 0 Å². The Balaban J connectivity index is 2.01. The third kappa shape index (κ3) is 8.50. The summed E-state index contributed by atoms with van der Waals surface area (Å²) in [5.74, 6) is -2.38. The van der Waals surface area contributed by atoms with Crippen molar-refractivity contribution in [1.29, 1.82) is 0 Å². The molecule has 0 spiro atoms. The number of nitrogens with zero attached hydrogens (tertiary/aromatic N) is 1. The molecule has 0 heterocycles. The van der Waals surface area contributed by atoms with Crippen molar-refractivity contribution < 1.29 is 18.7 Å². The Bertz CT molecular complexity index is 1190. The van der Waals surface area contributed by atoms with E-state index in [1.165, 1.54) is 12.1 Å². The molecule has 0 aliphatic heterocycles. The number of aryl methyl sites for hydroxylation is 1. The van der Waals surface area contributed by atoms with Crippen molar-refractivity contribution in [3.8, 4) is 11.1 Å². The zero-order chi connectivity index (χ0) is 27.1. The van der Waals surface area contributed by atoms with Crippen LogP contribution in [0.25, 0.3) is 11.1 Å². The maximum Gasteiger partial charge on any atom is 0.310 e. The fourth-order valence-electron chi connectivity index (χ4n) is 4.58. The zero-order valence-corrected chi connectivity index (χ0v) is 22.6. The van der Waals surface area contributed by atoms with Crippen LogP contribution >= 0.6 is 0 Å². The predicted molar refractivity (Wildman–Crippen MR) is 146 cm³/mol. The van der Waals surface area contributed by atoms with Crippen molar-refractivity contribution in [2.24, 2.45) is 11.8 Å². The van der Waals surface area contributed by atoms with Crippen molar-refractivity contribution in [2.75, 3.05) is 6.54 Å². The molecule has 0 aromatic heterocycles. The van der Waals surface area contributed by atoms with E-state index in [0.29, 0.717) is 31.0 Å². The fourth-order valence-corrected chi connectivity index (χ4v) is 4.58. The maximum atomic E-state index is 13.9. The van der Waals surface area contributed by atoms with Gasteiger partial charge in [-0.1, -0.05) is 75.7 Å². The number of hydrogen-bond acceptors (Lipinski definition) is 2. The molecule has 1 N–H and O–H groups in total. The first-order valence-corrected chi connectivity index (χ1v) is 13.1. The summed E-state index contributed by atoms with van der Waals surface area (Å²) in [6, 6.07) is 18.4. The molecular weight excluding hydrogens is 468 g/mol. The summed E-state index contributed by atoms with van der Waals surface area (Å²) in [5, 5.41) is 10.1. The van der Waals surface area contributed by atoms with E-state index in [1.54, 1.807) is 6.07 Å².